The van der Waals surface area contributed by atoms with Crippen molar-refractivity contribution in [3.8, 4) is 0 Å². The van der Waals surface area contributed by atoms with Gasteiger partial charge in [-0.15, -0.1) is 12.4 Å². The summed E-state index contributed by atoms with van der Waals surface area (Å²) in [6.07, 6.45) is 3.75. The van der Waals surface area contributed by atoms with E-state index in [9.17, 15) is 4.79 Å². The van der Waals surface area contributed by atoms with Crippen LogP contribution in [0, 0.1) is 0 Å². The fourth-order valence-electron chi connectivity index (χ4n) is 2.18. The first-order valence-corrected chi connectivity index (χ1v) is 6.81. The van der Waals surface area contributed by atoms with Crippen molar-refractivity contribution in [2.75, 3.05) is 13.1 Å². The molecule has 3 nitrogen and oxygen atoms in total. The highest BCUT2D eigenvalue weighted by atomic mass is 35.5. The molecule has 1 aromatic rings. The molecular weight excluding hydrogens is 283 g/mol. The quantitative estimate of drug-likeness (QED) is 0.794. The van der Waals surface area contributed by atoms with E-state index in [2.05, 4.69) is 5.32 Å². The van der Waals surface area contributed by atoms with Crippen molar-refractivity contribution < 1.29 is 4.79 Å². The van der Waals surface area contributed by atoms with E-state index in [0.717, 1.165) is 31.2 Å². The first-order valence-electron chi connectivity index (χ1n) is 6.43. The Kier molecular flexibility index (Phi) is 6.11. The zero-order valence-electron chi connectivity index (χ0n) is 10.8. The Morgan fingerprint density at radius 2 is 1.89 bits per heavy atom. The lowest BCUT2D eigenvalue weighted by atomic mass is 9.95. The van der Waals surface area contributed by atoms with E-state index >= 15 is 0 Å². The van der Waals surface area contributed by atoms with E-state index in [0.29, 0.717) is 18.1 Å². The van der Waals surface area contributed by atoms with Crippen LogP contribution in [0.5, 0.6) is 0 Å². The molecule has 3 N–H and O–H groups in total. The van der Waals surface area contributed by atoms with Gasteiger partial charge in [-0.1, -0.05) is 23.7 Å². The number of hydrogen-bond acceptors (Lipinski definition) is 2. The van der Waals surface area contributed by atoms with Crippen LogP contribution in [0.3, 0.4) is 0 Å². The third kappa shape index (κ3) is 3.85. The van der Waals surface area contributed by atoms with Crippen molar-refractivity contribution in [2.24, 2.45) is 5.73 Å². The minimum Gasteiger partial charge on any atom is -0.355 e. The molecule has 1 saturated carbocycles. The minimum absolute atomic E-state index is 0. The lowest BCUT2D eigenvalue weighted by Crippen LogP contribution is -2.35. The summed E-state index contributed by atoms with van der Waals surface area (Å²) in [7, 11) is 0. The van der Waals surface area contributed by atoms with Crippen LogP contribution in [0.2, 0.25) is 5.02 Å². The number of unbranched alkanes of at least 4 members (excludes halogenated alkanes) is 1. The van der Waals surface area contributed by atoms with Crippen LogP contribution in [-0.2, 0) is 10.2 Å². The Morgan fingerprint density at radius 1 is 1.26 bits per heavy atom. The maximum atomic E-state index is 12.2. The minimum atomic E-state index is -0.298. The molecule has 1 fully saturated rings. The van der Waals surface area contributed by atoms with Gasteiger partial charge in [0.25, 0.3) is 0 Å². The van der Waals surface area contributed by atoms with Crippen LogP contribution < -0.4 is 11.1 Å². The number of hydrogen-bond donors (Lipinski definition) is 2. The van der Waals surface area contributed by atoms with E-state index in [1.165, 1.54) is 0 Å². The van der Waals surface area contributed by atoms with Crippen molar-refractivity contribution in [3.05, 3.63) is 34.9 Å². The number of rotatable bonds is 6. The van der Waals surface area contributed by atoms with Crippen molar-refractivity contribution >= 4 is 29.9 Å². The van der Waals surface area contributed by atoms with Crippen LogP contribution in [-0.4, -0.2) is 19.0 Å². The molecule has 0 atom stereocenters. The molecule has 0 aliphatic heterocycles. The van der Waals surface area contributed by atoms with E-state index in [4.69, 9.17) is 17.3 Å². The predicted octanol–water partition coefficient (Wildman–Crippen LogP) is 2.65. The third-order valence-corrected chi connectivity index (χ3v) is 3.75. The van der Waals surface area contributed by atoms with Gasteiger partial charge >= 0.3 is 0 Å². The Balaban J connectivity index is 0.00000180. The standard InChI is InChI=1S/C14H19ClN2O.ClH/c15-12-5-3-11(4-6-12)14(7-8-14)13(18)17-10-2-1-9-16;/h3-6H,1-2,7-10,16H2,(H,17,18);1H. The summed E-state index contributed by atoms with van der Waals surface area (Å²) in [6, 6.07) is 7.60. The molecule has 1 aromatic carbocycles. The average molecular weight is 303 g/mol. The molecule has 0 heterocycles. The van der Waals surface area contributed by atoms with Crippen LogP contribution in [0.4, 0.5) is 0 Å². The maximum absolute atomic E-state index is 12.2. The first-order chi connectivity index (χ1) is 8.69. The average Bonchev–Trinajstić information content (AvgIpc) is 3.17. The number of nitrogens with one attached hydrogen (secondary N) is 1. The van der Waals surface area contributed by atoms with Crippen molar-refractivity contribution in [1.29, 1.82) is 0 Å². The molecule has 19 heavy (non-hydrogen) atoms. The maximum Gasteiger partial charge on any atom is 0.230 e. The van der Waals surface area contributed by atoms with Gasteiger partial charge in [0.05, 0.1) is 5.41 Å². The van der Waals surface area contributed by atoms with Gasteiger partial charge in [-0.2, -0.15) is 0 Å². The monoisotopic (exact) mass is 302 g/mol. The predicted molar refractivity (Wildman–Crippen MR) is 80.9 cm³/mol. The summed E-state index contributed by atoms with van der Waals surface area (Å²) in [4.78, 5) is 12.2. The van der Waals surface area contributed by atoms with E-state index in [-0.39, 0.29) is 23.7 Å². The van der Waals surface area contributed by atoms with Crippen molar-refractivity contribution in [2.45, 2.75) is 31.1 Å². The molecule has 0 radical (unpaired) electrons. The van der Waals surface area contributed by atoms with Gasteiger partial charge in [0.2, 0.25) is 5.91 Å². The van der Waals surface area contributed by atoms with Gasteiger partial charge in [-0.25, -0.2) is 0 Å². The highest BCUT2D eigenvalue weighted by molar-refractivity contribution is 6.30. The highest BCUT2D eigenvalue weighted by Crippen LogP contribution is 2.48. The van der Waals surface area contributed by atoms with Crippen molar-refractivity contribution in [3.63, 3.8) is 0 Å². The zero-order valence-corrected chi connectivity index (χ0v) is 12.4. The SMILES string of the molecule is Cl.NCCCCNC(=O)C1(c2ccc(Cl)cc2)CC1. The highest BCUT2D eigenvalue weighted by Gasteiger charge is 2.50. The van der Waals surface area contributed by atoms with E-state index < -0.39 is 0 Å². The van der Waals surface area contributed by atoms with Crippen LogP contribution in [0.25, 0.3) is 0 Å². The molecule has 0 spiro atoms. The largest absolute Gasteiger partial charge is 0.355 e. The van der Waals surface area contributed by atoms with E-state index in [1.54, 1.807) is 0 Å². The number of carbonyl (C=O) groups excluding carboxylic acids is 1. The summed E-state index contributed by atoms with van der Waals surface area (Å²) in [5.41, 5.74) is 6.20. The summed E-state index contributed by atoms with van der Waals surface area (Å²) in [5.74, 6) is 0.141. The summed E-state index contributed by atoms with van der Waals surface area (Å²) in [5, 5.41) is 3.71. The molecule has 2 rings (SSSR count). The summed E-state index contributed by atoms with van der Waals surface area (Å²) >= 11 is 5.87. The number of carbonyl (C=O) groups is 1. The number of amides is 1. The lowest BCUT2D eigenvalue weighted by molar-refractivity contribution is -0.123. The molecule has 1 aliphatic carbocycles. The lowest BCUT2D eigenvalue weighted by Gasteiger charge is -2.15. The summed E-state index contributed by atoms with van der Waals surface area (Å²) < 4.78 is 0. The van der Waals surface area contributed by atoms with Gasteiger partial charge in [-0.3, -0.25) is 4.79 Å². The van der Waals surface area contributed by atoms with Gasteiger partial charge in [-0.05, 0) is 49.9 Å². The second kappa shape index (κ2) is 7.13. The molecule has 5 heteroatoms. The molecule has 0 bridgehead atoms. The summed E-state index contributed by atoms with van der Waals surface area (Å²) in [6.45, 7) is 1.39. The second-order valence-corrected chi connectivity index (χ2v) is 5.28. The molecule has 0 aromatic heterocycles. The molecule has 1 aliphatic rings. The van der Waals surface area contributed by atoms with Crippen LogP contribution in [0.1, 0.15) is 31.2 Å². The fraction of sp³-hybridized carbons (Fsp3) is 0.500. The topological polar surface area (TPSA) is 55.1 Å². The van der Waals surface area contributed by atoms with E-state index in [1.807, 2.05) is 24.3 Å². The van der Waals surface area contributed by atoms with Gasteiger partial charge in [0, 0.05) is 11.6 Å². The van der Waals surface area contributed by atoms with Crippen LogP contribution in [0.15, 0.2) is 24.3 Å². The van der Waals surface area contributed by atoms with Gasteiger partial charge in [0.15, 0.2) is 0 Å². The fourth-order valence-corrected chi connectivity index (χ4v) is 2.31. The van der Waals surface area contributed by atoms with Gasteiger partial charge in [0.1, 0.15) is 0 Å². The molecular formula is C14H20Cl2N2O. The number of nitrogens with two attached hydrogens (primary N) is 1. The Hall–Kier alpha value is -0.770. The molecule has 0 saturated heterocycles. The number of halogens is 2. The number of benzene rings is 1. The molecule has 106 valence electrons. The third-order valence-electron chi connectivity index (χ3n) is 3.50. The second-order valence-electron chi connectivity index (χ2n) is 4.84. The molecule has 0 unspecified atom stereocenters. The Labute approximate surface area is 125 Å². The smallest absolute Gasteiger partial charge is 0.230 e. The van der Waals surface area contributed by atoms with Crippen molar-refractivity contribution in [1.82, 2.24) is 5.32 Å². The normalized spacial score (nSPS) is 15.5. The van der Waals surface area contributed by atoms with Gasteiger partial charge < -0.3 is 11.1 Å². The Morgan fingerprint density at radius 3 is 2.42 bits per heavy atom. The van der Waals surface area contributed by atoms with Crippen LogP contribution >= 0.6 is 24.0 Å². The zero-order chi connectivity index (χ0) is 13.0. The Bertz CT molecular complexity index is 416. The molecule has 1 amide bonds. The first kappa shape index (κ1) is 16.3.